The maximum absolute atomic E-state index is 9.94. The second-order valence-corrected chi connectivity index (χ2v) is 7.25. The Hall–Kier alpha value is -2.43. The van der Waals surface area contributed by atoms with Crippen LogP contribution in [-0.4, -0.2) is 19.1 Å². The van der Waals surface area contributed by atoms with Crippen molar-refractivity contribution in [3.63, 3.8) is 0 Å². The van der Waals surface area contributed by atoms with Crippen molar-refractivity contribution in [2.75, 3.05) is 13.1 Å². The number of nitrogens with one attached hydrogen (secondary N) is 1. The summed E-state index contributed by atoms with van der Waals surface area (Å²) in [4.78, 5) is 2.31. The molecule has 1 aromatic heterocycles. The highest BCUT2D eigenvalue weighted by Gasteiger charge is 2.59. The molecule has 3 rings (SSSR count). The second-order valence-electron chi connectivity index (χ2n) is 6.27. The third kappa shape index (κ3) is 2.19. The van der Waals surface area contributed by atoms with Gasteiger partial charge in [-0.05, 0) is 30.0 Å². The molecule has 0 spiro atoms. The van der Waals surface area contributed by atoms with Crippen LogP contribution in [0.2, 0.25) is 0 Å². The lowest BCUT2D eigenvalue weighted by Crippen LogP contribution is -3.08. The highest BCUT2D eigenvalue weighted by atomic mass is 32.1. The second kappa shape index (κ2) is 6.23. The Kier molecular flexibility index (Phi) is 4.26. The Bertz CT molecular complexity index is 801. The Morgan fingerprint density at radius 3 is 2.67 bits per heavy atom. The monoisotopic (exact) mass is 337 g/mol. The van der Waals surface area contributed by atoms with Gasteiger partial charge in [0.15, 0.2) is 6.04 Å². The maximum Gasteiger partial charge on any atom is 0.208 e. The zero-order valence-corrected chi connectivity index (χ0v) is 14.3. The summed E-state index contributed by atoms with van der Waals surface area (Å²) in [6.07, 6.45) is 4.08. The fourth-order valence-electron chi connectivity index (χ4n) is 3.96. The number of fused-ring (bicyclic) bond motifs is 1. The van der Waals surface area contributed by atoms with E-state index in [4.69, 9.17) is 0 Å². The molecule has 0 amide bonds. The summed E-state index contributed by atoms with van der Waals surface area (Å²) >= 11 is 1.57. The molecule has 2 heterocycles. The topological polar surface area (TPSA) is 103 Å². The quantitative estimate of drug-likeness (QED) is 0.814. The van der Waals surface area contributed by atoms with Gasteiger partial charge in [0.1, 0.15) is 6.07 Å². The lowest BCUT2D eigenvalue weighted by Gasteiger charge is -2.43. The average Bonchev–Trinajstić information content (AvgIpc) is 3.14. The molecular formula is C18H19N5S+2. The summed E-state index contributed by atoms with van der Waals surface area (Å²) in [5.41, 5.74) is 4.20. The highest BCUT2D eigenvalue weighted by Crippen LogP contribution is 2.52. The largest absolute Gasteiger partial charge is 0.348 e. The van der Waals surface area contributed by atoms with Crippen LogP contribution in [0.5, 0.6) is 0 Å². The van der Waals surface area contributed by atoms with Crippen molar-refractivity contribution < 1.29 is 10.6 Å². The zero-order chi connectivity index (χ0) is 17.3. The Morgan fingerprint density at radius 2 is 2.12 bits per heavy atom. The van der Waals surface area contributed by atoms with E-state index in [9.17, 15) is 15.8 Å². The fourth-order valence-corrected chi connectivity index (χ4v) is 4.93. The van der Waals surface area contributed by atoms with E-state index in [1.165, 1.54) is 4.90 Å². The lowest BCUT2D eigenvalue weighted by molar-refractivity contribution is -0.850. The molecule has 24 heavy (non-hydrogen) atoms. The van der Waals surface area contributed by atoms with Crippen LogP contribution in [-0.2, 0) is 0 Å². The Balaban J connectivity index is 2.28. The SMILES string of the molecule is CC[NH+]1C=CC2=C(C#N)[C@@H]([NH3+])C(C#N)(C#N)[C@@H](c3cccs3)[C@H]2C1. The number of rotatable bonds is 2. The minimum atomic E-state index is -1.31. The van der Waals surface area contributed by atoms with Crippen LogP contribution in [0.1, 0.15) is 17.7 Å². The molecule has 0 saturated carbocycles. The number of thiophene rings is 1. The van der Waals surface area contributed by atoms with Crippen LogP contribution in [0, 0.1) is 45.3 Å². The fraction of sp³-hybridized carbons (Fsp3) is 0.389. The van der Waals surface area contributed by atoms with Gasteiger partial charge in [0, 0.05) is 16.7 Å². The molecule has 4 atom stereocenters. The Labute approximate surface area is 145 Å². The molecule has 1 aliphatic heterocycles. The van der Waals surface area contributed by atoms with Crippen molar-refractivity contribution in [2.24, 2.45) is 11.3 Å². The molecule has 0 saturated heterocycles. The summed E-state index contributed by atoms with van der Waals surface area (Å²) in [5, 5.41) is 31.5. The van der Waals surface area contributed by atoms with Gasteiger partial charge in [-0.25, -0.2) is 0 Å². The van der Waals surface area contributed by atoms with Crippen molar-refractivity contribution in [3.8, 4) is 18.2 Å². The van der Waals surface area contributed by atoms with Crippen molar-refractivity contribution in [1.82, 2.24) is 0 Å². The summed E-state index contributed by atoms with van der Waals surface area (Å²) in [6.45, 7) is 3.82. The molecule has 6 heteroatoms. The lowest BCUT2D eigenvalue weighted by atomic mass is 9.57. The maximum atomic E-state index is 9.94. The average molecular weight is 337 g/mol. The van der Waals surface area contributed by atoms with Gasteiger partial charge in [-0.2, -0.15) is 15.8 Å². The van der Waals surface area contributed by atoms with Gasteiger partial charge >= 0.3 is 0 Å². The predicted octanol–water partition coefficient (Wildman–Crippen LogP) is 0.358. The minimum absolute atomic E-state index is 0.0180. The normalized spacial score (nSPS) is 30.8. The highest BCUT2D eigenvalue weighted by molar-refractivity contribution is 7.10. The first-order chi connectivity index (χ1) is 11.6. The summed E-state index contributed by atoms with van der Waals surface area (Å²) in [6, 6.07) is 10.0. The molecule has 4 N–H and O–H groups in total. The van der Waals surface area contributed by atoms with Crippen LogP contribution < -0.4 is 10.6 Å². The third-order valence-electron chi connectivity index (χ3n) is 5.28. The summed E-state index contributed by atoms with van der Waals surface area (Å²) in [5.74, 6) is -0.274. The van der Waals surface area contributed by atoms with Crippen LogP contribution in [0.25, 0.3) is 0 Å². The molecule has 1 aromatic rings. The number of quaternary nitrogens is 2. The smallest absolute Gasteiger partial charge is 0.208 e. The van der Waals surface area contributed by atoms with Gasteiger partial charge in [-0.1, -0.05) is 6.07 Å². The minimum Gasteiger partial charge on any atom is -0.348 e. The van der Waals surface area contributed by atoms with Crippen LogP contribution >= 0.6 is 11.3 Å². The van der Waals surface area contributed by atoms with E-state index in [0.717, 1.165) is 23.5 Å². The number of nitriles is 3. The van der Waals surface area contributed by atoms with Crippen LogP contribution in [0.15, 0.2) is 40.9 Å². The predicted molar refractivity (Wildman–Crippen MR) is 89.0 cm³/mol. The van der Waals surface area contributed by atoms with Gasteiger partial charge in [0.2, 0.25) is 5.41 Å². The van der Waals surface area contributed by atoms with Gasteiger partial charge in [0.25, 0.3) is 0 Å². The van der Waals surface area contributed by atoms with Gasteiger partial charge in [0.05, 0.1) is 37.0 Å². The number of nitrogens with zero attached hydrogens (tertiary/aromatic N) is 3. The first kappa shape index (κ1) is 16.4. The third-order valence-corrected chi connectivity index (χ3v) is 6.23. The van der Waals surface area contributed by atoms with Crippen molar-refractivity contribution in [3.05, 3.63) is 45.8 Å². The molecule has 5 nitrogen and oxygen atoms in total. The van der Waals surface area contributed by atoms with E-state index in [-0.39, 0.29) is 11.8 Å². The van der Waals surface area contributed by atoms with Gasteiger partial charge in [-0.15, -0.1) is 11.3 Å². The van der Waals surface area contributed by atoms with Gasteiger partial charge < -0.3 is 10.6 Å². The van der Waals surface area contributed by atoms with E-state index >= 15 is 0 Å². The van der Waals surface area contributed by atoms with Crippen LogP contribution in [0.4, 0.5) is 0 Å². The van der Waals surface area contributed by atoms with Crippen molar-refractivity contribution in [2.45, 2.75) is 18.9 Å². The van der Waals surface area contributed by atoms with Gasteiger partial charge in [-0.3, -0.25) is 0 Å². The van der Waals surface area contributed by atoms with Crippen molar-refractivity contribution in [1.29, 1.82) is 15.8 Å². The Morgan fingerprint density at radius 1 is 1.38 bits per heavy atom. The molecule has 1 aliphatic carbocycles. The molecule has 0 bridgehead atoms. The molecule has 0 radical (unpaired) electrons. The summed E-state index contributed by atoms with van der Waals surface area (Å²) in [7, 11) is 0. The molecular weight excluding hydrogens is 318 g/mol. The van der Waals surface area contributed by atoms with Crippen LogP contribution in [0.3, 0.4) is 0 Å². The van der Waals surface area contributed by atoms with E-state index in [1.807, 2.05) is 23.6 Å². The molecule has 0 fully saturated rings. The number of allylic oxidation sites excluding steroid dienone is 1. The van der Waals surface area contributed by atoms with E-state index < -0.39 is 11.5 Å². The van der Waals surface area contributed by atoms with E-state index in [1.54, 1.807) is 11.3 Å². The molecule has 120 valence electrons. The van der Waals surface area contributed by atoms with Crippen molar-refractivity contribution >= 4 is 11.3 Å². The zero-order valence-electron chi connectivity index (χ0n) is 13.5. The molecule has 1 unspecified atom stereocenters. The standard InChI is InChI=1S/C18H17N5S/c1-2-23-6-5-12-13(8-19)17(22)18(10-20,11-21)16(14(12)9-23)15-4-3-7-24-15/h3-7,14,16-17H,2,9,22H2,1H3/p+2/t14-,16+,17+/m0/s1. The number of hydrogen-bond acceptors (Lipinski definition) is 4. The number of hydrogen-bond donors (Lipinski definition) is 2. The van der Waals surface area contributed by atoms with E-state index in [2.05, 4.69) is 37.1 Å². The first-order valence-corrected chi connectivity index (χ1v) is 8.86. The molecule has 0 aromatic carbocycles. The summed E-state index contributed by atoms with van der Waals surface area (Å²) < 4.78 is 0. The first-order valence-electron chi connectivity index (χ1n) is 7.98. The van der Waals surface area contributed by atoms with E-state index in [0.29, 0.717) is 5.57 Å². The molecule has 2 aliphatic rings.